The van der Waals surface area contributed by atoms with Crippen LogP contribution in [0.5, 0.6) is 5.75 Å². The van der Waals surface area contributed by atoms with Crippen molar-refractivity contribution in [1.82, 2.24) is 4.58 Å². The highest BCUT2D eigenvalue weighted by Gasteiger charge is 2.19. The predicted octanol–water partition coefficient (Wildman–Crippen LogP) is 11.3. The Morgan fingerprint density at radius 3 is 1.46 bits per heavy atom. The van der Waals surface area contributed by atoms with Gasteiger partial charge >= 0.3 is 27.3 Å². The van der Waals surface area contributed by atoms with Gasteiger partial charge in [0.2, 0.25) is 11.4 Å². The van der Waals surface area contributed by atoms with Crippen LogP contribution < -0.4 is 4.58 Å². The highest BCUT2D eigenvalue weighted by molar-refractivity contribution is 7.86. The molecule has 21 nitrogen and oxygen atoms in total. The van der Waals surface area contributed by atoms with Gasteiger partial charge in [0.05, 0.1) is 34.1 Å². The Morgan fingerprint density at radius 1 is 0.486 bits per heavy atom. The van der Waals surface area contributed by atoms with E-state index in [0.717, 1.165) is 38.9 Å². The van der Waals surface area contributed by atoms with Crippen LogP contribution in [0.1, 0.15) is 27.8 Å². The first kappa shape index (κ1) is 54.1. The summed E-state index contributed by atoms with van der Waals surface area (Å²) in [5, 5.41) is 47.2. The highest BCUT2D eigenvalue weighted by atomic mass is 32.2. The normalized spacial score (nSPS) is 11.2. The number of aromatic hydroxyl groups is 1. The first-order chi connectivity index (χ1) is 32.7. The van der Waals surface area contributed by atoms with Crippen molar-refractivity contribution in [2.24, 2.45) is 40.9 Å². The van der Waals surface area contributed by atoms with E-state index in [9.17, 15) is 22.9 Å². The number of phenolic OH excluding ortho intramolecular Hbond substituents is 1. The van der Waals surface area contributed by atoms with Gasteiger partial charge in [0, 0.05) is 29.1 Å². The average Bonchev–Trinajstić information content (AvgIpc) is 3.29. The van der Waals surface area contributed by atoms with Crippen molar-refractivity contribution in [2.75, 3.05) is 0 Å². The molecule has 0 atom stereocenters. The van der Waals surface area contributed by atoms with E-state index in [1.165, 1.54) is 22.8 Å². The third kappa shape index (κ3) is 14.7. The van der Waals surface area contributed by atoms with Gasteiger partial charge in [-0.15, -0.1) is 35.5 Å². The van der Waals surface area contributed by atoms with Crippen molar-refractivity contribution in [3.05, 3.63) is 155 Å². The molecule has 0 bridgehead atoms. The fourth-order valence-corrected chi connectivity index (χ4v) is 7.01. The number of fused-ring (bicyclic) bond motifs is 1. The Hall–Kier alpha value is -8.51. The minimum atomic E-state index is -4.45. The van der Waals surface area contributed by atoms with Crippen LogP contribution in [0.25, 0.3) is 10.8 Å². The van der Waals surface area contributed by atoms with Crippen molar-refractivity contribution in [1.29, 1.82) is 0 Å². The lowest BCUT2D eigenvalue weighted by Gasteiger charge is -2.07. The van der Waals surface area contributed by atoms with E-state index in [1.807, 2.05) is 101 Å². The van der Waals surface area contributed by atoms with E-state index in [-0.39, 0.29) is 21.8 Å². The third-order valence-corrected chi connectivity index (χ3v) is 10.7. The maximum absolute atomic E-state index is 12.0. The van der Waals surface area contributed by atoms with E-state index >= 15 is 0 Å². The molecule has 0 aliphatic rings. The number of rotatable bonds is 11. The maximum Gasteiger partial charge on any atom is 0.437 e. The van der Waals surface area contributed by atoms with Crippen LogP contribution in [0.3, 0.4) is 0 Å². The molecule has 7 rings (SSSR count). The monoisotopic (exact) mass is 1010 g/mol. The van der Waals surface area contributed by atoms with Gasteiger partial charge in [0.15, 0.2) is 5.75 Å². The number of isocyanates is 1. The molecule has 358 valence electrons. The number of benzene rings is 7. The molecule has 4 N–H and O–H groups in total. The number of hydrogen-bond donors (Lipinski definition) is 2. The minimum Gasteiger partial charge on any atom is -0.505 e. The van der Waals surface area contributed by atoms with Gasteiger partial charge in [0.1, 0.15) is 16.3 Å². The molecule has 0 aromatic heterocycles. The number of hydrogen-bond acceptors (Lipinski definition) is 18. The second-order valence-electron chi connectivity index (χ2n) is 14.6. The minimum absolute atomic E-state index is 0. The van der Waals surface area contributed by atoms with Crippen LogP contribution in [0.4, 0.5) is 56.9 Å². The van der Waals surface area contributed by atoms with Crippen LogP contribution in [-0.2, 0) is 36.1 Å². The third-order valence-electron chi connectivity index (χ3n) is 9.76. The zero-order valence-electron chi connectivity index (χ0n) is 37.4. The lowest BCUT2D eigenvalue weighted by molar-refractivity contribution is 0.482. The molecule has 0 radical (unpaired) electrons. The van der Waals surface area contributed by atoms with Crippen LogP contribution >= 0.6 is 0 Å². The van der Waals surface area contributed by atoms with E-state index in [2.05, 4.69) is 40.9 Å². The Morgan fingerprint density at radius 2 is 0.929 bits per heavy atom. The Labute approximate surface area is 402 Å². The molecule has 0 fully saturated rings. The SMILES string of the molecule is Cc1cc(N=Nc2cc(C)c(N=Nc3ccc4cc([N+](=C=O)c5ccccc5C)ccc4c3O)cc2C)ccc1N=Nc1ccc(N=Nc2ccccc2S(=O)(=O)O)c(C)c1.O.O=S(=O)=O.O=S(=O)=O. The topological polar surface area (TPSA) is 327 Å². The highest BCUT2D eigenvalue weighted by Crippen LogP contribution is 2.39. The zero-order valence-corrected chi connectivity index (χ0v) is 39.9. The average molecular weight is 1010 g/mol. The molecule has 0 saturated carbocycles. The Bertz CT molecular complexity index is 3620. The predicted molar refractivity (Wildman–Crippen MR) is 258 cm³/mol. The fourth-order valence-electron chi connectivity index (χ4n) is 6.39. The van der Waals surface area contributed by atoms with Gasteiger partial charge in [-0.25, -0.2) is 0 Å². The van der Waals surface area contributed by atoms with E-state index < -0.39 is 31.3 Å². The number of nitrogens with zero attached hydrogens (tertiary/aromatic N) is 9. The molecule has 0 heterocycles. The standard InChI is InChI=1S/C46H37N9O5S.2O3S.H2O/c1-28-10-6-8-12-44(28)55(27-56)36-17-18-37-33(26-36)14-19-41(46(37)57)52-54-43-25-31(4)42(24-32(43)5)53-48-35-15-20-38(29(2)22-35)49-47-34-16-21-39(30(3)23-34)50-51-40-11-7-9-13-45(40)61(58,59)60;2*1-4(2)3;/h6-26H,1-5H3,(H-,47,48,51,54,57,58,59,60);;;1H2/p+1. The van der Waals surface area contributed by atoms with Gasteiger partial charge in [-0.05, 0) is 135 Å². The first-order valence-electron chi connectivity index (χ1n) is 19.8. The van der Waals surface area contributed by atoms with Gasteiger partial charge in [0.25, 0.3) is 10.1 Å². The van der Waals surface area contributed by atoms with Crippen LogP contribution in [0.15, 0.2) is 173 Å². The van der Waals surface area contributed by atoms with Gasteiger partial charge in [-0.3, -0.25) is 4.55 Å². The van der Waals surface area contributed by atoms with Gasteiger partial charge in [-0.2, -0.15) is 43.9 Å². The second kappa shape index (κ2) is 24.5. The summed E-state index contributed by atoms with van der Waals surface area (Å²) >= 11 is 0. The molecule has 7 aromatic carbocycles. The molecule has 0 amide bonds. The molecule has 24 heteroatoms. The lowest BCUT2D eigenvalue weighted by Crippen LogP contribution is -2.03. The van der Waals surface area contributed by atoms with Crippen molar-refractivity contribution in [3.8, 4) is 5.75 Å². The molecule has 0 saturated heterocycles. The van der Waals surface area contributed by atoms with Gasteiger partial charge in [-0.1, -0.05) is 41.0 Å². The Balaban J connectivity index is 0.00000110. The summed E-state index contributed by atoms with van der Waals surface area (Å²) in [5.74, 6) is -0.0252. The lowest BCUT2D eigenvalue weighted by atomic mass is 10.1. The fraction of sp³-hybridized carbons (Fsp3) is 0.109. The molecule has 0 aliphatic heterocycles. The second-order valence-corrected chi connectivity index (χ2v) is 16.8. The molecular formula is C46H40N9O12S3+. The van der Waals surface area contributed by atoms with E-state index in [4.69, 9.17) is 25.3 Å². The largest absolute Gasteiger partial charge is 0.505 e. The van der Waals surface area contributed by atoms with Crippen LogP contribution in [0.2, 0.25) is 0 Å². The summed E-state index contributed by atoms with van der Waals surface area (Å²) in [6, 6.07) is 36.6. The summed E-state index contributed by atoms with van der Waals surface area (Å²) in [7, 11) is -10.7. The van der Waals surface area contributed by atoms with Crippen molar-refractivity contribution in [2.45, 2.75) is 39.5 Å². The molecule has 70 heavy (non-hydrogen) atoms. The summed E-state index contributed by atoms with van der Waals surface area (Å²) in [5.41, 5.74) is 9.45. The molecular weight excluding hydrogens is 967 g/mol. The summed E-state index contributed by atoms with van der Waals surface area (Å²) in [6.07, 6.45) is 2.01. The van der Waals surface area contributed by atoms with E-state index in [0.29, 0.717) is 50.9 Å². The van der Waals surface area contributed by atoms with Crippen molar-refractivity contribution in [3.63, 3.8) is 0 Å². The first-order valence-corrected chi connectivity index (χ1v) is 23.3. The molecule has 0 aliphatic carbocycles. The molecule has 7 aromatic rings. The van der Waals surface area contributed by atoms with Gasteiger partial charge < -0.3 is 10.6 Å². The van der Waals surface area contributed by atoms with Crippen LogP contribution in [0, 0.1) is 34.6 Å². The summed E-state index contributed by atoms with van der Waals surface area (Å²) < 4.78 is 84.9. The number of aryl methyl sites for hydroxylation is 5. The Kier molecular flexibility index (Phi) is 18.9. The number of azo groups is 4. The van der Waals surface area contributed by atoms with Crippen molar-refractivity contribution < 1.29 is 53.6 Å². The summed E-state index contributed by atoms with van der Waals surface area (Å²) in [6.45, 7) is 9.45. The number of phenols is 1. The quantitative estimate of drug-likeness (QED) is 0.0403. The summed E-state index contributed by atoms with van der Waals surface area (Å²) in [4.78, 5) is 11.6. The maximum atomic E-state index is 12.0. The number of para-hydroxylation sites is 1. The van der Waals surface area contributed by atoms with Crippen LogP contribution in [-0.4, -0.2) is 54.9 Å². The zero-order chi connectivity index (χ0) is 50.4. The molecule has 0 spiro atoms. The number of carbonyl (C=O) groups excluding carboxylic acids is 1. The smallest absolute Gasteiger partial charge is 0.437 e. The van der Waals surface area contributed by atoms with Crippen molar-refractivity contribution >= 4 is 105 Å². The molecule has 0 unspecified atom stereocenters. The van der Waals surface area contributed by atoms with E-state index in [1.54, 1.807) is 48.5 Å².